The van der Waals surface area contributed by atoms with Crippen LogP contribution in [-0.2, 0) is 14.8 Å². The number of piperidine rings is 1. The fourth-order valence-corrected chi connectivity index (χ4v) is 6.06. The topological polar surface area (TPSA) is 69.7 Å². The van der Waals surface area contributed by atoms with Crippen LogP contribution in [0.25, 0.3) is 0 Å². The van der Waals surface area contributed by atoms with Crippen LogP contribution in [0.4, 0.5) is 5.69 Å². The summed E-state index contributed by atoms with van der Waals surface area (Å²) < 4.78 is 27.8. The van der Waals surface area contributed by atoms with Crippen molar-refractivity contribution in [2.45, 2.75) is 50.0 Å². The molecule has 0 bridgehead atoms. The van der Waals surface area contributed by atoms with Gasteiger partial charge in [0, 0.05) is 18.8 Å². The highest BCUT2D eigenvalue weighted by Gasteiger charge is 2.31. The van der Waals surface area contributed by atoms with Crippen LogP contribution < -0.4 is 5.32 Å². The van der Waals surface area contributed by atoms with Crippen LogP contribution >= 0.6 is 0 Å². The number of hydrogen-bond donors (Lipinski definition) is 1. The van der Waals surface area contributed by atoms with Gasteiger partial charge in [0.2, 0.25) is 15.9 Å². The molecular weight excluding hydrogens is 410 g/mol. The highest BCUT2D eigenvalue weighted by Crippen LogP contribution is 2.29. The molecular formula is C24H31N3O3S. The van der Waals surface area contributed by atoms with Crippen LogP contribution in [0.3, 0.4) is 0 Å². The lowest BCUT2D eigenvalue weighted by Crippen LogP contribution is -2.36. The normalized spacial score (nSPS) is 19.3. The van der Waals surface area contributed by atoms with Crippen molar-refractivity contribution in [3.8, 4) is 0 Å². The van der Waals surface area contributed by atoms with Crippen LogP contribution in [0.5, 0.6) is 0 Å². The summed E-state index contributed by atoms with van der Waals surface area (Å²) in [7, 11) is -3.55. The molecule has 2 aromatic carbocycles. The molecule has 4 rings (SSSR count). The maximum atomic E-state index is 13.4. The van der Waals surface area contributed by atoms with Crippen molar-refractivity contribution in [1.82, 2.24) is 9.21 Å². The molecule has 1 amide bonds. The molecule has 166 valence electrons. The zero-order valence-electron chi connectivity index (χ0n) is 18.1. The van der Waals surface area contributed by atoms with E-state index < -0.39 is 10.0 Å². The quantitative estimate of drug-likeness (QED) is 0.737. The van der Waals surface area contributed by atoms with Crippen molar-refractivity contribution < 1.29 is 13.2 Å². The number of aryl methyl sites for hydroxylation is 1. The van der Waals surface area contributed by atoms with E-state index in [9.17, 15) is 13.2 Å². The third kappa shape index (κ3) is 4.84. The Labute approximate surface area is 185 Å². The number of rotatable bonds is 6. The maximum Gasteiger partial charge on any atom is 0.246 e. The lowest BCUT2D eigenvalue weighted by molar-refractivity contribution is -0.121. The summed E-state index contributed by atoms with van der Waals surface area (Å²) in [6.07, 6.45) is 5.02. The third-order valence-electron chi connectivity index (χ3n) is 6.29. The minimum atomic E-state index is -3.55. The number of amides is 1. The molecule has 2 fully saturated rings. The zero-order valence-corrected chi connectivity index (χ0v) is 18.9. The van der Waals surface area contributed by atoms with Gasteiger partial charge < -0.3 is 5.32 Å². The highest BCUT2D eigenvalue weighted by molar-refractivity contribution is 7.89. The number of sulfonamides is 1. The summed E-state index contributed by atoms with van der Waals surface area (Å²) in [6.45, 7) is 4.77. The minimum Gasteiger partial charge on any atom is -0.324 e. The number of anilines is 1. The monoisotopic (exact) mass is 441 g/mol. The van der Waals surface area contributed by atoms with E-state index in [-0.39, 0.29) is 16.8 Å². The Balaban J connectivity index is 1.60. The van der Waals surface area contributed by atoms with E-state index in [0.29, 0.717) is 18.8 Å². The molecule has 0 aliphatic carbocycles. The molecule has 1 atom stereocenters. The molecule has 0 saturated carbocycles. The first kappa shape index (κ1) is 22.0. The molecule has 2 aliphatic rings. The van der Waals surface area contributed by atoms with Gasteiger partial charge >= 0.3 is 0 Å². The second-order valence-corrected chi connectivity index (χ2v) is 10.4. The molecule has 6 nitrogen and oxygen atoms in total. The van der Waals surface area contributed by atoms with Gasteiger partial charge in [-0.1, -0.05) is 42.8 Å². The number of likely N-dealkylation sites (tertiary alicyclic amines) is 1. The van der Waals surface area contributed by atoms with Gasteiger partial charge in [-0.2, -0.15) is 4.31 Å². The van der Waals surface area contributed by atoms with E-state index in [1.807, 2.05) is 37.3 Å². The second kappa shape index (κ2) is 9.51. The number of carbonyl (C=O) groups excluding carboxylic acids is 1. The van der Waals surface area contributed by atoms with E-state index in [1.165, 1.54) is 0 Å². The molecule has 2 heterocycles. The molecule has 0 radical (unpaired) electrons. The summed E-state index contributed by atoms with van der Waals surface area (Å²) in [5.74, 6) is -0.122. The van der Waals surface area contributed by atoms with Crippen molar-refractivity contribution in [3.05, 3.63) is 59.7 Å². The standard InChI is InChI=1S/C24H31N3O3S/c1-19-12-13-21(31(29,30)27-16-6-3-7-17-27)18-22(19)25-24(28)23(26-14-8-9-15-26)20-10-4-2-5-11-20/h2,4-5,10-13,18,23H,3,6-9,14-17H2,1H3,(H,25,28). The largest absolute Gasteiger partial charge is 0.324 e. The predicted octanol–water partition coefficient (Wildman–Crippen LogP) is 3.95. The maximum absolute atomic E-state index is 13.4. The van der Waals surface area contributed by atoms with Gasteiger partial charge in [-0.05, 0) is 69.0 Å². The Kier molecular flexibility index (Phi) is 6.74. The number of hydrogen-bond acceptors (Lipinski definition) is 4. The second-order valence-electron chi connectivity index (χ2n) is 8.49. The minimum absolute atomic E-state index is 0.122. The summed E-state index contributed by atoms with van der Waals surface area (Å²) in [4.78, 5) is 15.8. The molecule has 2 aliphatic heterocycles. The Morgan fingerprint density at radius 3 is 2.23 bits per heavy atom. The summed E-state index contributed by atoms with van der Waals surface area (Å²) in [5, 5.41) is 3.04. The summed E-state index contributed by atoms with van der Waals surface area (Å²) >= 11 is 0. The molecule has 2 aromatic rings. The number of carbonyl (C=O) groups is 1. The van der Waals surface area contributed by atoms with Crippen molar-refractivity contribution in [2.24, 2.45) is 0 Å². The van der Waals surface area contributed by atoms with Crippen LogP contribution in [0, 0.1) is 6.92 Å². The Hall–Kier alpha value is -2.22. The van der Waals surface area contributed by atoms with Crippen LogP contribution in [0.1, 0.15) is 49.3 Å². The van der Waals surface area contributed by atoms with Gasteiger partial charge in [0.05, 0.1) is 4.90 Å². The SMILES string of the molecule is Cc1ccc(S(=O)(=O)N2CCCCC2)cc1NC(=O)C(c1ccccc1)N1CCCC1. The van der Waals surface area contributed by atoms with Gasteiger partial charge in [-0.3, -0.25) is 9.69 Å². The molecule has 31 heavy (non-hydrogen) atoms. The van der Waals surface area contributed by atoms with Gasteiger partial charge in [-0.15, -0.1) is 0 Å². The molecule has 0 aromatic heterocycles. The van der Waals surface area contributed by atoms with Crippen molar-refractivity contribution >= 4 is 21.6 Å². The van der Waals surface area contributed by atoms with E-state index in [4.69, 9.17) is 0 Å². The Morgan fingerprint density at radius 2 is 1.55 bits per heavy atom. The first-order valence-corrected chi connectivity index (χ1v) is 12.6. The van der Waals surface area contributed by atoms with Gasteiger partial charge in [0.15, 0.2) is 0 Å². The Bertz CT molecular complexity index is 1010. The highest BCUT2D eigenvalue weighted by atomic mass is 32.2. The average Bonchev–Trinajstić information content (AvgIpc) is 3.31. The molecule has 1 unspecified atom stereocenters. The number of nitrogens with zero attached hydrogens (tertiary/aromatic N) is 2. The molecule has 2 saturated heterocycles. The summed E-state index contributed by atoms with van der Waals surface area (Å²) in [6, 6.07) is 14.4. The fraction of sp³-hybridized carbons (Fsp3) is 0.458. The lowest BCUT2D eigenvalue weighted by atomic mass is 10.0. The number of benzene rings is 2. The summed E-state index contributed by atoms with van der Waals surface area (Å²) in [5.41, 5.74) is 2.36. The predicted molar refractivity (Wildman–Crippen MR) is 122 cm³/mol. The molecule has 7 heteroatoms. The van der Waals surface area contributed by atoms with Gasteiger partial charge in [0.1, 0.15) is 6.04 Å². The van der Waals surface area contributed by atoms with E-state index in [1.54, 1.807) is 22.5 Å². The van der Waals surface area contributed by atoms with E-state index in [0.717, 1.165) is 56.3 Å². The van der Waals surface area contributed by atoms with E-state index >= 15 is 0 Å². The van der Waals surface area contributed by atoms with E-state index in [2.05, 4.69) is 10.2 Å². The first-order valence-electron chi connectivity index (χ1n) is 11.2. The number of nitrogens with one attached hydrogen (secondary N) is 1. The smallest absolute Gasteiger partial charge is 0.246 e. The van der Waals surface area contributed by atoms with Crippen LogP contribution in [0.15, 0.2) is 53.4 Å². The lowest BCUT2D eigenvalue weighted by Gasteiger charge is -2.28. The average molecular weight is 442 g/mol. The fourth-order valence-electron chi connectivity index (χ4n) is 4.51. The van der Waals surface area contributed by atoms with Crippen LogP contribution in [0.2, 0.25) is 0 Å². The molecule has 1 N–H and O–H groups in total. The van der Waals surface area contributed by atoms with Gasteiger partial charge in [-0.25, -0.2) is 8.42 Å². The van der Waals surface area contributed by atoms with Crippen molar-refractivity contribution in [2.75, 3.05) is 31.5 Å². The third-order valence-corrected chi connectivity index (χ3v) is 8.18. The van der Waals surface area contributed by atoms with Crippen LogP contribution in [-0.4, -0.2) is 49.7 Å². The van der Waals surface area contributed by atoms with Crippen molar-refractivity contribution in [3.63, 3.8) is 0 Å². The Morgan fingerprint density at radius 1 is 0.903 bits per heavy atom. The molecule has 0 spiro atoms. The van der Waals surface area contributed by atoms with Gasteiger partial charge in [0.25, 0.3) is 0 Å². The first-order chi connectivity index (χ1) is 15.0. The zero-order chi connectivity index (χ0) is 21.8. The van der Waals surface area contributed by atoms with Crippen molar-refractivity contribution in [1.29, 1.82) is 0 Å².